The summed E-state index contributed by atoms with van der Waals surface area (Å²) in [5, 5.41) is 11.0. The van der Waals surface area contributed by atoms with Crippen LogP contribution in [0.3, 0.4) is 0 Å². The van der Waals surface area contributed by atoms with Crippen LogP contribution in [0.25, 0.3) is 0 Å². The fourth-order valence-electron chi connectivity index (χ4n) is 3.14. The zero-order chi connectivity index (χ0) is 21.3. The molecule has 0 saturated carbocycles. The molecule has 0 bridgehead atoms. The third-order valence-corrected chi connectivity index (χ3v) is 5.35. The number of rotatable bonds is 6. The van der Waals surface area contributed by atoms with E-state index in [4.69, 9.17) is 11.6 Å². The van der Waals surface area contributed by atoms with E-state index in [-0.39, 0.29) is 11.6 Å². The molecule has 29 heavy (non-hydrogen) atoms. The zero-order valence-electron chi connectivity index (χ0n) is 16.6. The molecule has 0 saturated heterocycles. The van der Waals surface area contributed by atoms with Gasteiger partial charge < -0.3 is 5.32 Å². The third kappa shape index (κ3) is 4.32. The molecule has 1 amide bonds. The number of aryl methyl sites for hydroxylation is 2. The summed E-state index contributed by atoms with van der Waals surface area (Å²) in [4.78, 5) is 12.5. The number of nitrogens with one attached hydrogen (secondary N) is 1. The summed E-state index contributed by atoms with van der Waals surface area (Å²) in [5.74, 6) is -0.394. The van der Waals surface area contributed by atoms with Crippen LogP contribution in [0.1, 0.15) is 40.3 Å². The molecule has 3 aromatic rings. The molecule has 2 heterocycles. The smallest absolute Gasteiger partial charge is 0.283 e. The number of anilines is 1. The Bertz CT molecular complexity index is 1060. The van der Waals surface area contributed by atoms with Crippen LogP contribution in [0.2, 0.25) is 5.02 Å². The van der Waals surface area contributed by atoms with Gasteiger partial charge in [-0.25, -0.2) is 8.78 Å². The molecule has 0 aliphatic heterocycles. The van der Waals surface area contributed by atoms with Crippen LogP contribution < -0.4 is 5.32 Å². The van der Waals surface area contributed by atoms with E-state index in [1.54, 1.807) is 6.92 Å². The monoisotopic (exact) mass is 421 g/mol. The summed E-state index contributed by atoms with van der Waals surface area (Å²) >= 11 is 5.89. The SMILES string of the molecule is Cc1ccccc1Cn1nc(C)c(NC(=O)Cn2nc(C(F)F)c(Cl)c2C)c1C. The number of alkyl halides is 2. The molecule has 154 valence electrons. The summed E-state index contributed by atoms with van der Waals surface area (Å²) in [6.45, 7) is 7.63. The number of hydrogen-bond acceptors (Lipinski definition) is 3. The third-order valence-electron chi connectivity index (χ3n) is 4.89. The molecule has 0 aliphatic carbocycles. The first-order valence-corrected chi connectivity index (χ1v) is 9.46. The topological polar surface area (TPSA) is 64.7 Å². The minimum absolute atomic E-state index is 0.119. The Morgan fingerprint density at radius 2 is 1.79 bits per heavy atom. The molecular weight excluding hydrogens is 400 g/mol. The van der Waals surface area contributed by atoms with Crippen LogP contribution in [0.5, 0.6) is 0 Å². The van der Waals surface area contributed by atoms with Crippen LogP contribution in [-0.2, 0) is 17.9 Å². The van der Waals surface area contributed by atoms with Crippen molar-refractivity contribution in [3.8, 4) is 0 Å². The van der Waals surface area contributed by atoms with Crippen molar-refractivity contribution in [3.05, 3.63) is 63.2 Å². The molecule has 0 atom stereocenters. The first-order valence-electron chi connectivity index (χ1n) is 9.08. The van der Waals surface area contributed by atoms with E-state index >= 15 is 0 Å². The summed E-state index contributed by atoms with van der Waals surface area (Å²) in [6, 6.07) is 8.03. The van der Waals surface area contributed by atoms with Crippen molar-refractivity contribution < 1.29 is 13.6 Å². The Balaban J connectivity index is 1.77. The van der Waals surface area contributed by atoms with Crippen LogP contribution in [-0.4, -0.2) is 25.5 Å². The van der Waals surface area contributed by atoms with Gasteiger partial charge in [-0.15, -0.1) is 0 Å². The summed E-state index contributed by atoms with van der Waals surface area (Å²) in [7, 11) is 0. The predicted octanol–water partition coefficient (Wildman–Crippen LogP) is 4.59. The van der Waals surface area contributed by atoms with Crippen LogP contribution >= 0.6 is 11.6 Å². The highest BCUT2D eigenvalue weighted by atomic mass is 35.5. The van der Waals surface area contributed by atoms with Crippen molar-refractivity contribution in [2.75, 3.05) is 5.32 Å². The first kappa shape index (κ1) is 21.0. The highest BCUT2D eigenvalue weighted by Gasteiger charge is 2.22. The van der Waals surface area contributed by atoms with E-state index in [1.165, 1.54) is 4.68 Å². The summed E-state index contributed by atoms with van der Waals surface area (Å²) < 4.78 is 28.9. The molecular formula is C20H22ClF2N5O. The van der Waals surface area contributed by atoms with Crippen molar-refractivity contribution in [3.63, 3.8) is 0 Å². The van der Waals surface area contributed by atoms with E-state index in [0.717, 1.165) is 16.8 Å². The Labute approximate surface area is 172 Å². The summed E-state index contributed by atoms with van der Waals surface area (Å²) in [6.07, 6.45) is -2.80. The number of halogens is 3. The van der Waals surface area contributed by atoms with Gasteiger partial charge in [-0.05, 0) is 38.8 Å². The molecule has 2 aromatic heterocycles. The van der Waals surface area contributed by atoms with Gasteiger partial charge in [0, 0.05) is 0 Å². The highest BCUT2D eigenvalue weighted by Crippen LogP contribution is 2.28. The maximum absolute atomic E-state index is 12.9. The number of benzene rings is 1. The lowest BCUT2D eigenvalue weighted by Crippen LogP contribution is -2.21. The van der Waals surface area contributed by atoms with Crippen molar-refractivity contribution in [2.24, 2.45) is 0 Å². The van der Waals surface area contributed by atoms with Gasteiger partial charge in [0.2, 0.25) is 5.91 Å². The highest BCUT2D eigenvalue weighted by molar-refractivity contribution is 6.31. The minimum Gasteiger partial charge on any atom is -0.321 e. The molecule has 0 spiro atoms. The predicted molar refractivity (Wildman–Crippen MR) is 108 cm³/mol. The Morgan fingerprint density at radius 3 is 2.41 bits per heavy atom. The average Bonchev–Trinajstić information content (AvgIpc) is 3.08. The maximum atomic E-state index is 12.9. The molecule has 3 rings (SSSR count). The second-order valence-electron chi connectivity index (χ2n) is 6.92. The number of aromatic nitrogens is 4. The quantitative estimate of drug-likeness (QED) is 0.633. The molecule has 0 fully saturated rings. The zero-order valence-corrected chi connectivity index (χ0v) is 17.4. The number of carbonyl (C=O) groups is 1. The molecule has 0 aliphatic rings. The lowest BCUT2D eigenvalue weighted by atomic mass is 10.1. The molecule has 9 heteroatoms. The second kappa shape index (κ2) is 8.32. The standard InChI is InChI=1S/C20H22ClF2N5O/c1-11-7-5-6-8-15(11)9-27-14(4)18(12(2)25-27)24-16(29)10-28-13(3)17(21)19(26-28)20(22)23/h5-8,20H,9-10H2,1-4H3,(H,24,29). The van der Waals surface area contributed by atoms with Crippen LogP contribution in [0.15, 0.2) is 24.3 Å². The van der Waals surface area contributed by atoms with Gasteiger partial charge in [0.25, 0.3) is 6.43 Å². The lowest BCUT2D eigenvalue weighted by Gasteiger charge is -2.09. The number of nitrogens with zero attached hydrogens (tertiary/aromatic N) is 4. The van der Waals surface area contributed by atoms with Gasteiger partial charge in [0.1, 0.15) is 12.2 Å². The maximum Gasteiger partial charge on any atom is 0.283 e. The second-order valence-corrected chi connectivity index (χ2v) is 7.30. The van der Waals surface area contributed by atoms with Crippen molar-refractivity contribution >= 4 is 23.2 Å². The number of amides is 1. The van der Waals surface area contributed by atoms with Crippen molar-refractivity contribution in [2.45, 2.75) is 47.2 Å². The van der Waals surface area contributed by atoms with Gasteiger partial charge in [-0.3, -0.25) is 14.2 Å². The van der Waals surface area contributed by atoms with E-state index in [2.05, 4.69) is 15.5 Å². The van der Waals surface area contributed by atoms with Gasteiger partial charge in [-0.1, -0.05) is 35.9 Å². The van der Waals surface area contributed by atoms with Crippen LogP contribution in [0, 0.1) is 27.7 Å². The number of carbonyl (C=O) groups excluding carboxylic acids is 1. The Kier molecular flexibility index (Phi) is 6.02. The van der Waals surface area contributed by atoms with Gasteiger partial charge in [0.05, 0.1) is 34.3 Å². The van der Waals surface area contributed by atoms with E-state index in [0.29, 0.717) is 23.6 Å². The van der Waals surface area contributed by atoms with Crippen molar-refractivity contribution in [1.82, 2.24) is 19.6 Å². The van der Waals surface area contributed by atoms with Crippen molar-refractivity contribution in [1.29, 1.82) is 0 Å². The molecule has 0 unspecified atom stereocenters. The van der Waals surface area contributed by atoms with Gasteiger partial charge in [-0.2, -0.15) is 10.2 Å². The molecule has 6 nitrogen and oxygen atoms in total. The van der Waals surface area contributed by atoms with E-state index in [9.17, 15) is 13.6 Å². The summed E-state index contributed by atoms with van der Waals surface area (Å²) in [5.41, 5.74) is 4.18. The van der Waals surface area contributed by atoms with Gasteiger partial charge >= 0.3 is 0 Å². The van der Waals surface area contributed by atoms with Crippen LogP contribution in [0.4, 0.5) is 14.5 Å². The fourth-order valence-corrected chi connectivity index (χ4v) is 3.35. The largest absolute Gasteiger partial charge is 0.321 e. The normalized spacial score (nSPS) is 11.3. The molecule has 1 aromatic carbocycles. The molecule has 1 N–H and O–H groups in total. The fraction of sp³-hybridized carbons (Fsp3) is 0.350. The Morgan fingerprint density at radius 1 is 1.10 bits per heavy atom. The minimum atomic E-state index is -2.80. The lowest BCUT2D eigenvalue weighted by molar-refractivity contribution is -0.117. The van der Waals surface area contributed by atoms with E-state index in [1.807, 2.05) is 49.7 Å². The van der Waals surface area contributed by atoms with E-state index < -0.39 is 18.0 Å². The Hall–Kier alpha value is -2.74. The first-order chi connectivity index (χ1) is 13.7. The van der Waals surface area contributed by atoms with Gasteiger partial charge in [0.15, 0.2) is 0 Å². The number of hydrogen-bond donors (Lipinski definition) is 1. The molecule has 0 radical (unpaired) electrons. The average molecular weight is 422 g/mol.